The van der Waals surface area contributed by atoms with Crippen LogP contribution in [0.15, 0.2) is 41.5 Å². The summed E-state index contributed by atoms with van der Waals surface area (Å²) in [5.74, 6) is 0. The van der Waals surface area contributed by atoms with Crippen molar-refractivity contribution in [2.24, 2.45) is 4.99 Å². The summed E-state index contributed by atoms with van der Waals surface area (Å²) in [5, 5.41) is 0.659. The first-order chi connectivity index (χ1) is 7.84. The molecule has 0 saturated heterocycles. The van der Waals surface area contributed by atoms with Crippen molar-refractivity contribution in [3.63, 3.8) is 0 Å². The Kier molecular flexibility index (Phi) is 4.40. The second-order valence-corrected chi connectivity index (χ2v) is 4.23. The lowest BCUT2D eigenvalue weighted by atomic mass is 10.1. The first-order valence-corrected chi connectivity index (χ1v) is 6.03. The van der Waals surface area contributed by atoms with Gasteiger partial charge in [-0.05, 0) is 25.3 Å². The van der Waals surface area contributed by atoms with Crippen LogP contribution in [0.5, 0.6) is 0 Å². The van der Waals surface area contributed by atoms with Crippen LogP contribution in [0.1, 0.15) is 18.1 Å². The van der Waals surface area contributed by atoms with Gasteiger partial charge >= 0.3 is 6.18 Å². The van der Waals surface area contributed by atoms with Crippen LogP contribution >= 0.6 is 11.8 Å². The molecular formula is C12H12F3NS. The fraction of sp³-hybridized carbons (Fsp3) is 0.250. The molecule has 0 saturated carbocycles. The van der Waals surface area contributed by atoms with Gasteiger partial charge in [0.2, 0.25) is 0 Å². The molecule has 0 amide bonds. The molecule has 1 aromatic rings. The quantitative estimate of drug-likeness (QED) is 0.568. The van der Waals surface area contributed by atoms with Crippen LogP contribution in [0, 0.1) is 0 Å². The molecule has 0 aromatic heterocycles. The first kappa shape index (κ1) is 13.8. The number of thioether (sulfide) groups is 1. The molecule has 0 aliphatic rings. The third-order valence-corrected chi connectivity index (χ3v) is 2.66. The lowest BCUT2D eigenvalue weighted by Crippen LogP contribution is -2.05. The van der Waals surface area contributed by atoms with Crippen molar-refractivity contribution in [3.8, 4) is 0 Å². The minimum Gasteiger partial charge on any atom is -0.247 e. The highest BCUT2D eigenvalue weighted by molar-refractivity contribution is 8.13. The molecule has 17 heavy (non-hydrogen) atoms. The van der Waals surface area contributed by atoms with E-state index in [0.29, 0.717) is 16.3 Å². The zero-order chi connectivity index (χ0) is 13.1. The standard InChI is InChI=1S/C12H12F3NS/c1-8(2)16-11(17-3)9-4-6-10(7-5-9)12(13,14)15/h4-7H,1H2,2-3H3. The highest BCUT2D eigenvalue weighted by Crippen LogP contribution is 2.29. The highest BCUT2D eigenvalue weighted by Gasteiger charge is 2.30. The molecule has 0 atom stereocenters. The van der Waals surface area contributed by atoms with Gasteiger partial charge < -0.3 is 0 Å². The van der Waals surface area contributed by atoms with Gasteiger partial charge in [0, 0.05) is 11.3 Å². The maximum Gasteiger partial charge on any atom is 0.416 e. The Labute approximate surface area is 102 Å². The van der Waals surface area contributed by atoms with Crippen LogP contribution in [0.2, 0.25) is 0 Å². The molecule has 0 aliphatic heterocycles. The van der Waals surface area contributed by atoms with Gasteiger partial charge in [-0.1, -0.05) is 18.7 Å². The summed E-state index contributed by atoms with van der Waals surface area (Å²) in [7, 11) is 0. The van der Waals surface area contributed by atoms with Crippen molar-refractivity contribution in [2.75, 3.05) is 6.26 Å². The third-order valence-electron chi connectivity index (χ3n) is 1.94. The zero-order valence-electron chi connectivity index (χ0n) is 9.51. The Morgan fingerprint density at radius 2 is 1.76 bits per heavy atom. The summed E-state index contributed by atoms with van der Waals surface area (Å²) >= 11 is 1.37. The normalized spacial score (nSPS) is 12.6. The zero-order valence-corrected chi connectivity index (χ0v) is 10.3. The molecule has 0 radical (unpaired) electrons. The lowest BCUT2D eigenvalue weighted by molar-refractivity contribution is -0.137. The van der Waals surface area contributed by atoms with Crippen LogP contribution in [-0.2, 0) is 6.18 Å². The molecule has 0 bridgehead atoms. The van der Waals surface area contributed by atoms with E-state index in [0.717, 1.165) is 12.1 Å². The second-order valence-electron chi connectivity index (χ2n) is 3.43. The van der Waals surface area contributed by atoms with E-state index in [9.17, 15) is 13.2 Å². The highest BCUT2D eigenvalue weighted by atomic mass is 32.2. The van der Waals surface area contributed by atoms with Gasteiger partial charge in [-0.2, -0.15) is 13.2 Å². The molecule has 0 spiro atoms. The Balaban J connectivity index is 3.05. The Bertz CT molecular complexity index is 432. The summed E-state index contributed by atoms with van der Waals surface area (Å²) in [6.45, 7) is 5.38. The molecule has 5 heteroatoms. The number of hydrogen-bond donors (Lipinski definition) is 0. The van der Waals surface area contributed by atoms with Gasteiger partial charge in [0.25, 0.3) is 0 Å². The maximum atomic E-state index is 12.4. The summed E-state index contributed by atoms with van der Waals surface area (Å²) in [6.07, 6.45) is -2.48. The van der Waals surface area contributed by atoms with Crippen molar-refractivity contribution in [1.82, 2.24) is 0 Å². The van der Waals surface area contributed by atoms with Gasteiger partial charge in [0.05, 0.1) is 5.56 Å². The molecule has 0 heterocycles. The van der Waals surface area contributed by atoms with E-state index in [2.05, 4.69) is 11.6 Å². The maximum absolute atomic E-state index is 12.4. The number of hydrogen-bond acceptors (Lipinski definition) is 2. The van der Waals surface area contributed by atoms with Gasteiger partial charge in [-0.15, -0.1) is 11.8 Å². The van der Waals surface area contributed by atoms with Crippen molar-refractivity contribution in [2.45, 2.75) is 13.1 Å². The molecule has 0 unspecified atom stereocenters. The smallest absolute Gasteiger partial charge is 0.247 e. The average molecular weight is 259 g/mol. The van der Waals surface area contributed by atoms with Gasteiger partial charge in [0.1, 0.15) is 5.04 Å². The van der Waals surface area contributed by atoms with Crippen LogP contribution in [0.4, 0.5) is 13.2 Å². The Morgan fingerprint density at radius 1 is 1.24 bits per heavy atom. The Morgan fingerprint density at radius 3 is 2.12 bits per heavy atom. The monoisotopic (exact) mass is 259 g/mol. The molecule has 0 N–H and O–H groups in total. The molecule has 0 fully saturated rings. The second kappa shape index (κ2) is 5.40. The SMILES string of the molecule is C=C(C)N=C(SC)c1ccc(C(F)(F)F)cc1. The summed E-state index contributed by atoms with van der Waals surface area (Å²) in [5.41, 5.74) is 0.625. The van der Waals surface area contributed by atoms with Crippen LogP contribution in [0.3, 0.4) is 0 Å². The molecule has 1 rings (SSSR count). The van der Waals surface area contributed by atoms with E-state index in [1.165, 1.54) is 23.9 Å². The molecule has 1 nitrogen and oxygen atoms in total. The number of rotatable bonds is 2. The predicted octanol–water partition coefficient (Wildman–Crippen LogP) is 4.35. The summed E-state index contributed by atoms with van der Waals surface area (Å²) in [4.78, 5) is 4.16. The van der Waals surface area contributed by atoms with Crippen molar-refractivity contribution in [3.05, 3.63) is 47.7 Å². The van der Waals surface area contributed by atoms with E-state index < -0.39 is 11.7 Å². The third kappa shape index (κ3) is 3.93. The number of halogens is 3. The van der Waals surface area contributed by atoms with E-state index in [4.69, 9.17) is 0 Å². The van der Waals surface area contributed by atoms with Crippen molar-refractivity contribution < 1.29 is 13.2 Å². The lowest BCUT2D eigenvalue weighted by Gasteiger charge is -2.08. The number of nitrogens with zero attached hydrogens (tertiary/aromatic N) is 1. The topological polar surface area (TPSA) is 12.4 Å². The van der Waals surface area contributed by atoms with Gasteiger partial charge in [-0.25, -0.2) is 4.99 Å². The number of allylic oxidation sites excluding steroid dienone is 1. The minimum atomic E-state index is -4.30. The summed E-state index contributed by atoms with van der Waals surface area (Å²) < 4.78 is 37.1. The minimum absolute atomic E-state index is 0.620. The first-order valence-electron chi connectivity index (χ1n) is 4.80. The van der Waals surface area contributed by atoms with Crippen LogP contribution < -0.4 is 0 Å². The average Bonchev–Trinajstić information content (AvgIpc) is 2.24. The molecule has 0 aliphatic carbocycles. The van der Waals surface area contributed by atoms with E-state index >= 15 is 0 Å². The van der Waals surface area contributed by atoms with Gasteiger partial charge in [0.15, 0.2) is 0 Å². The molecular weight excluding hydrogens is 247 g/mol. The predicted molar refractivity (Wildman–Crippen MR) is 66.3 cm³/mol. The van der Waals surface area contributed by atoms with E-state index in [1.54, 1.807) is 6.92 Å². The number of aliphatic imine (C=N–C) groups is 1. The van der Waals surface area contributed by atoms with E-state index in [1.807, 2.05) is 6.26 Å². The number of alkyl halides is 3. The van der Waals surface area contributed by atoms with Crippen LogP contribution in [-0.4, -0.2) is 11.3 Å². The van der Waals surface area contributed by atoms with E-state index in [-0.39, 0.29) is 0 Å². The fourth-order valence-electron chi connectivity index (χ4n) is 1.20. The fourth-order valence-corrected chi connectivity index (χ4v) is 1.82. The number of benzene rings is 1. The van der Waals surface area contributed by atoms with Gasteiger partial charge in [-0.3, -0.25) is 0 Å². The van der Waals surface area contributed by atoms with Crippen LogP contribution in [0.25, 0.3) is 0 Å². The molecule has 92 valence electrons. The Hall–Kier alpha value is -1.23. The summed E-state index contributed by atoms with van der Waals surface area (Å²) in [6, 6.07) is 4.95. The molecule has 1 aromatic carbocycles. The largest absolute Gasteiger partial charge is 0.416 e. The van der Waals surface area contributed by atoms with Crippen molar-refractivity contribution >= 4 is 16.8 Å². The van der Waals surface area contributed by atoms with Crippen molar-refractivity contribution in [1.29, 1.82) is 0 Å².